The highest BCUT2D eigenvalue weighted by molar-refractivity contribution is 6.62. The zero-order valence-electron chi connectivity index (χ0n) is 13.7. The van der Waals surface area contributed by atoms with E-state index in [-0.39, 0.29) is 37.4 Å². The lowest BCUT2D eigenvalue weighted by molar-refractivity contribution is -0.120. The molecule has 1 aliphatic rings. The van der Waals surface area contributed by atoms with E-state index in [0.717, 1.165) is 11.0 Å². The van der Waals surface area contributed by atoms with Crippen molar-refractivity contribution in [2.24, 2.45) is 0 Å². The molecule has 0 radical (unpaired) electrons. The summed E-state index contributed by atoms with van der Waals surface area (Å²) in [4.78, 5) is 11.6. The van der Waals surface area contributed by atoms with Crippen LogP contribution in [0, 0.1) is 0 Å². The van der Waals surface area contributed by atoms with Crippen molar-refractivity contribution in [2.45, 2.75) is 45.3 Å². The fraction of sp³-hybridized carbons (Fsp3) is 0.562. The highest BCUT2D eigenvalue weighted by atomic mass is 16.7. The van der Waals surface area contributed by atoms with Gasteiger partial charge in [-0.15, -0.1) is 0 Å². The topological polar surface area (TPSA) is 67.8 Å². The third-order valence-corrected chi connectivity index (χ3v) is 4.30. The molecule has 120 valence electrons. The Labute approximate surface area is 132 Å². The van der Waals surface area contributed by atoms with Crippen molar-refractivity contribution in [3.05, 3.63) is 29.8 Å². The molecule has 0 aromatic heterocycles. The van der Waals surface area contributed by atoms with Gasteiger partial charge in [0.1, 0.15) is 0 Å². The third-order valence-electron chi connectivity index (χ3n) is 4.30. The van der Waals surface area contributed by atoms with Gasteiger partial charge in [0.25, 0.3) is 0 Å². The van der Waals surface area contributed by atoms with E-state index in [1.165, 1.54) is 0 Å². The highest BCUT2D eigenvalue weighted by Gasteiger charge is 2.51. The molecule has 0 atom stereocenters. The molecule has 1 heterocycles. The molecule has 1 aliphatic heterocycles. The molecule has 5 nitrogen and oxygen atoms in total. The summed E-state index contributed by atoms with van der Waals surface area (Å²) in [7, 11) is -0.387. The van der Waals surface area contributed by atoms with Crippen LogP contribution in [0.15, 0.2) is 24.3 Å². The maximum atomic E-state index is 11.6. The Balaban J connectivity index is 2.00. The van der Waals surface area contributed by atoms with Crippen molar-refractivity contribution in [2.75, 3.05) is 13.2 Å². The number of amides is 1. The van der Waals surface area contributed by atoms with Gasteiger partial charge in [-0.25, -0.2) is 0 Å². The van der Waals surface area contributed by atoms with Gasteiger partial charge in [-0.2, -0.15) is 0 Å². The average molecular weight is 305 g/mol. The lowest BCUT2D eigenvalue weighted by Crippen LogP contribution is -2.41. The van der Waals surface area contributed by atoms with Gasteiger partial charge >= 0.3 is 7.12 Å². The molecule has 1 saturated heterocycles. The molecule has 2 rings (SSSR count). The fourth-order valence-electron chi connectivity index (χ4n) is 2.21. The second-order valence-corrected chi connectivity index (χ2v) is 6.58. The normalized spacial score (nSPS) is 19.2. The summed E-state index contributed by atoms with van der Waals surface area (Å²) in [5.74, 6) is -0.0996. The van der Waals surface area contributed by atoms with E-state index in [1.807, 2.05) is 52.0 Å². The first-order valence-corrected chi connectivity index (χ1v) is 7.57. The zero-order valence-corrected chi connectivity index (χ0v) is 13.7. The van der Waals surface area contributed by atoms with Crippen LogP contribution < -0.4 is 10.8 Å². The maximum Gasteiger partial charge on any atom is 0.494 e. The molecule has 22 heavy (non-hydrogen) atoms. The van der Waals surface area contributed by atoms with Crippen LogP contribution in [0.1, 0.15) is 33.3 Å². The summed E-state index contributed by atoms with van der Waals surface area (Å²) in [6, 6.07) is 7.66. The molecule has 0 saturated carbocycles. The van der Waals surface area contributed by atoms with Crippen LogP contribution in [0.4, 0.5) is 0 Å². The number of carbonyl (C=O) groups is 1. The first-order chi connectivity index (χ1) is 10.2. The van der Waals surface area contributed by atoms with Crippen molar-refractivity contribution in [1.29, 1.82) is 0 Å². The van der Waals surface area contributed by atoms with E-state index in [0.29, 0.717) is 6.42 Å². The average Bonchev–Trinajstić information content (AvgIpc) is 2.66. The van der Waals surface area contributed by atoms with Gasteiger partial charge in [-0.1, -0.05) is 24.3 Å². The molecule has 0 bridgehead atoms. The molecule has 1 aromatic carbocycles. The molecule has 6 heteroatoms. The minimum atomic E-state index is -0.387. The van der Waals surface area contributed by atoms with Crippen LogP contribution in [-0.4, -0.2) is 42.5 Å². The number of rotatable bonds is 5. The van der Waals surface area contributed by atoms with Crippen molar-refractivity contribution in [1.82, 2.24) is 5.32 Å². The van der Waals surface area contributed by atoms with E-state index in [2.05, 4.69) is 5.32 Å². The molecule has 2 N–H and O–H groups in total. The Morgan fingerprint density at radius 2 is 1.68 bits per heavy atom. The number of hydrogen-bond acceptors (Lipinski definition) is 4. The van der Waals surface area contributed by atoms with E-state index in [4.69, 9.17) is 14.4 Å². The number of aliphatic hydroxyl groups is 1. The van der Waals surface area contributed by atoms with Crippen LogP contribution in [0.5, 0.6) is 0 Å². The maximum absolute atomic E-state index is 11.6. The number of hydrogen-bond donors (Lipinski definition) is 2. The van der Waals surface area contributed by atoms with Crippen LogP contribution in [0.2, 0.25) is 0 Å². The van der Waals surface area contributed by atoms with Crippen molar-refractivity contribution >= 4 is 18.5 Å². The predicted octanol–water partition coefficient (Wildman–Crippen LogP) is 0.637. The van der Waals surface area contributed by atoms with Gasteiger partial charge in [0.05, 0.1) is 24.2 Å². The quantitative estimate of drug-likeness (QED) is 0.783. The summed E-state index contributed by atoms with van der Waals surface area (Å²) < 4.78 is 12.0. The molecule has 1 aromatic rings. The monoisotopic (exact) mass is 305 g/mol. The number of nitrogens with one attached hydrogen (secondary N) is 1. The molecule has 0 aliphatic carbocycles. The zero-order chi connectivity index (χ0) is 16.4. The Bertz CT molecular complexity index is 511. The number of carbonyl (C=O) groups excluding carboxylic acids is 1. The van der Waals surface area contributed by atoms with Crippen LogP contribution in [0.25, 0.3) is 0 Å². The predicted molar refractivity (Wildman–Crippen MR) is 86.0 cm³/mol. The molecular formula is C16H24BNO4. The largest absolute Gasteiger partial charge is 0.494 e. The summed E-state index contributed by atoms with van der Waals surface area (Å²) in [5, 5.41) is 11.3. The molecular weight excluding hydrogens is 281 g/mol. The Morgan fingerprint density at radius 1 is 1.14 bits per heavy atom. The lowest BCUT2D eigenvalue weighted by Gasteiger charge is -2.32. The van der Waals surface area contributed by atoms with Gasteiger partial charge in [0.2, 0.25) is 5.91 Å². The smallest absolute Gasteiger partial charge is 0.399 e. The van der Waals surface area contributed by atoms with Gasteiger partial charge < -0.3 is 19.7 Å². The first-order valence-electron chi connectivity index (χ1n) is 7.57. The molecule has 1 fully saturated rings. The SMILES string of the molecule is CC1(C)OB(c2ccc(CC(=O)NCCO)cc2)OC1(C)C. The minimum Gasteiger partial charge on any atom is -0.399 e. The van der Waals surface area contributed by atoms with Crippen molar-refractivity contribution < 1.29 is 19.2 Å². The Kier molecular flexibility index (Phi) is 4.95. The molecule has 0 unspecified atom stereocenters. The van der Waals surface area contributed by atoms with E-state index in [9.17, 15) is 4.79 Å². The number of aliphatic hydroxyl groups excluding tert-OH is 1. The Hall–Kier alpha value is -1.37. The number of benzene rings is 1. The standard InChI is InChI=1S/C16H24BNO4/c1-15(2)16(3,4)22-17(21-15)13-7-5-12(6-8-13)11-14(20)18-9-10-19/h5-8,19H,9-11H2,1-4H3,(H,18,20). The summed E-state index contributed by atoms with van der Waals surface area (Å²) in [6.45, 7) is 8.32. The van der Waals surface area contributed by atoms with Gasteiger partial charge in [-0.05, 0) is 38.7 Å². The Morgan fingerprint density at radius 3 is 2.18 bits per heavy atom. The van der Waals surface area contributed by atoms with Crippen molar-refractivity contribution in [3.8, 4) is 0 Å². The third kappa shape index (κ3) is 3.69. The highest BCUT2D eigenvalue weighted by Crippen LogP contribution is 2.36. The van der Waals surface area contributed by atoms with E-state index < -0.39 is 0 Å². The lowest BCUT2D eigenvalue weighted by atomic mass is 9.79. The van der Waals surface area contributed by atoms with Crippen LogP contribution in [-0.2, 0) is 20.5 Å². The molecule has 1 amide bonds. The summed E-state index contributed by atoms with van der Waals surface area (Å²) in [6.07, 6.45) is 0.295. The summed E-state index contributed by atoms with van der Waals surface area (Å²) in [5.41, 5.74) is 1.13. The van der Waals surface area contributed by atoms with Gasteiger partial charge in [0, 0.05) is 6.54 Å². The second kappa shape index (κ2) is 6.40. The summed E-state index contributed by atoms with van der Waals surface area (Å²) >= 11 is 0. The van der Waals surface area contributed by atoms with Crippen molar-refractivity contribution in [3.63, 3.8) is 0 Å². The second-order valence-electron chi connectivity index (χ2n) is 6.58. The van der Waals surface area contributed by atoms with Crippen LogP contribution in [0.3, 0.4) is 0 Å². The van der Waals surface area contributed by atoms with Gasteiger partial charge in [0.15, 0.2) is 0 Å². The fourth-order valence-corrected chi connectivity index (χ4v) is 2.21. The minimum absolute atomic E-state index is 0.0490. The first kappa shape index (κ1) is 17.0. The molecule has 0 spiro atoms. The van der Waals surface area contributed by atoms with Crippen LogP contribution >= 0.6 is 0 Å². The van der Waals surface area contributed by atoms with E-state index in [1.54, 1.807) is 0 Å². The van der Waals surface area contributed by atoms with Gasteiger partial charge in [-0.3, -0.25) is 4.79 Å². The van der Waals surface area contributed by atoms with E-state index >= 15 is 0 Å².